The van der Waals surface area contributed by atoms with E-state index in [9.17, 15) is 0 Å². The van der Waals surface area contributed by atoms with Crippen LogP contribution in [0.25, 0.3) is 11.3 Å². The van der Waals surface area contributed by atoms with Gasteiger partial charge in [-0.2, -0.15) is 0 Å². The summed E-state index contributed by atoms with van der Waals surface area (Å²) in [4.78, 5) is 7.75. The summed E-state index contributed by atoms with van der Waals surface area (Å²) < 4.78 is 0. The number of nitrogens with zero attached hydrogens (tertiary/aromatic N) is 1. The summed E-state index contributed by atoms with van der Waals surface area (Å²) in [6, 6.07) is 20.2. The molecule has 94 valence electrons. The molecule has 2 aromatic carbocycles. The molecular weight excluding hydrogens is 234 g/mol. The maximum atomic E-state index is 6.01. The van der Waals surface area contributed by atoms with Gasteiger partial charge in [-0.1, -0.05) is 60.7 Å². The highest BCUT2D eigenvalue weighted by molar-refractivity contribution is 5.70. The van der Waals surface area contributed by atoms with E-state index >= 15 is 0 Å². The minimum atomic E-state index is 0.622. The number of nitrogens with one attached hydrogen (secondary N) is 1. The van der Waals surface area contributed by atoms with Crippen molar-refractivity contribution in [1.29, 1.82) is 0 Å². The molecule has 0 saturated heterocycles. The second kappa shape index (κ2) is 4.98. The molecule has 0 unspecified atom stereocenters. The molecule has 19 heavy (non-hydrogen) atoms. The number of imidazole rings is 1. The van der Waals surface area contributed by atoms with Crippen molar-refractivity contribution in [3.63, 3.8) is 0 Å². The van der Waals surface area contributed by atoms with E-state index in [1.807, 2.05) is 48.5 Å². The van der Waals surface area contributed by atoms with Crippen LogP contribution < -0.4 is 5.73 Å². The highest BCUT2D eigenvalue weighted by Crippen LogP contribution is 2.23. The smallest absolute Gasteiger partial charge is 0.129 e. The van der Waals surface area contributed by atoms with E-state index in [1.54, 1.807) is 0 Å². The van der Waals surface area contributed by atoms with Crippen molar-refractivity contribution in [1.82, 2.24) is 9.97 Å². The van der Waals surface area contributed by atoms with Crippen molar-refractivity contribution in [2.45, 2.75) is 6.42 Å². The molecule has 3 N–H and O–H groups in total. The molecule has 0 saturated carbocycles. The summed E-state index contributed by atoms with van der Waals surface area (Å²) in [6.45, 7) is 0. The molecule has 0 aliphatic carbocycles. The van der Waals surface area contributed by atoms with Crippen molar-refractivity contribution in [2.75, 3.05) is 5.73 Å². The normalized spacial score (nSPS) is 10.5. The third kappa shape index (κ3) is 2.50. The van der Waals surface area contributed by atoms with E-state index < -0.39 is 0 Å². The van der Waals surface area contributed by atoms with Crippen molar-refractivity contribution in [2.24, 2.45) is 0 Å². The Morgan fingerprint density at radius 2 is 1.53 bits per heavy atom. The quantitative estimate of drug-likeness (QED) is 0.748. The van der Waals surface area contributed by atoms with E-state index in [-0.39, 0.29) is 0 Å². The number of nitrogens with two attached hydrogens (primary N) is 1. The Hall–Kier alpha value is -2.55. The first kappa shape index (κ1) is 11.5. The number of aromatic nitrogens is 2. The number of aromatic amines is 1. The van der Waals surface area contributed by atoms with E-state index in [1.165, 1.54) is 5.56 Å². The standard InChI is InChI=1S/C16H15N3/c17-16-15(13-9-5-2-6-10-13)18-14(19-16)11-12-7-3-1-4-8-12/h1-10H,11,17H2,(H,18,19). The Labute approximate surface area is 112 Å². The van der Waals surface area contributed by atoms with Crippen LogP contribution in [0, 0.1) is 0 Å². The molecule has 3 nitrogen and oxygen atoms in total. The first-order valence-corrected chi connectivity index (χ1v) is 6.26. The number of H-pyrrole nitrogens is 1. The van der Waals surface area contributed by atoms with Gasteiger partial charge in [0, 0.05) is 12.0 Å². The number of hydrogen-bond donors (Lipinski definition) is 2. The van der Waals surface area contributed by atoms with Crippen molar-refractivity contribution in [3.8, 4) is 11.3 Å². The molecule has 3 aromatic rings. The number of benzene rings is 2. The average molecular weight is 249 g/mol. The van der Waals surface area contributed by atoms with Crippen LogP contribution in [0.4, 0.5) is 5.82 Å². The summed E-state index contributed by atoms with van der Waals surface area (Å²) in [7, 11) is 0. The predicted octanol–water partition coefficient (Wildman–Crippen LogP) is 3.25. The lowest BCUT2D eigenvalue weighted by molar-refractivity contribution is 1.03. The van der Waals surface area contributed by atoms with Crippen LogP contribution in [0.5, 0.6) is 0 Å². The van der Waals surface area contributed by atoms with Crippen LogP contribution in [0.15, 0.2) is 60.7 Å². The highest BCUT2D eigenvalue weighted by Gasteiger charge is 2.09. The number of anilines is 1. The first-order chi connectivity index (χ1) is 9.33. The zero-order valence-corrected chi connectivity index (χ0v) is 10.5. The second-order valence-corrected chi connectivity index (χ2v) is 4.47. The Morgan fingerprint density at radius 1 is 0.895 bits per heavy atom. The van der Waals surface area contributed by atoms with Gasteiger partial charge in [0.05, 0.1) is 0 Å². The third-order valence-electron chi connectivity index (χ3n) is 3.04. The summed E-state index contributed by atoms with van der Waals surface area (Å²) in [5.74, 6) is 1.51. The van der Waals surface area contributed by atoms with E-state index in [4.69, 9.17) is 5.73 Å². The monoisotopic (exact) mass is 249 g/mol. The van der Waals surface area contributed by atoms with Gasteiger partial charge >= 0.3 is 0 Å². The largest absolute Gasteiger partial charge is 0.383 e. The van der Waals surface area contributed by atoms with Gasteiger partial charge in [-0.3, -0.25) is 0 Å². The summed E-state index contributed by atoms with van der Waals surface area (Å²) in [5.41, 5.74) is 9.09. The Morgan fingerprint density at radius 3 is 2.21 bits per heavy atom. The van der Waals surface area contributed by atoms with Crippen molar-refractivity contribution >= 4 is 5.82 Å². The fourth-order valence-corrected chi connectivity index (χ4v) is 2.13. The van der Waals surface area contributed by atoms with Crippen LogP contribution in [0.2, 0.25) is 0 Å². The van der Waals surface area contributed by atoms with Gasteiger partial charge in [0.15, 0.2) is 0 Å². The minimum Gasteiger partial charge on any atom is -0.383 e. The van der Waals surface area contributed by atoms with Gasteiger partial charge in [0.2, 0.25) is 0 Å². The van der Waals surface area contributed by atoms with Gasteiger partial charge in [-0.25, -0.2) is 4.98 Å². The lowest BCUT2D eigenvalue weighted by Crippen LogP contribution is -1.90. The maximum absolute atomic E-state index is 6.01. The van der Waals surface area contributed by atoms with Gasteiger partial charge in [-0.15, -0.1) is 0 Å². The molecule has 0 fully saturated rings. The molecule has 0 aliphatic rings. The maximum Gasteiger partial charge on any atom is 0.129 e. The number of rotatable bonds is 3. The Bertz CT molecular complexity index is 657. The summed E-state index contributed by atoms with van der Waals surface area (Å²) in [6.07, 6.45) is 0.762. The first-order valence-electron chi connectivity index (χ1n) is 6.26. The molecule has 3 heteroatoms. The summed E-state index contributed by atoms with van der Waals surface area (Å²) in [5, 5.41) is 0. The van der Waals surface area contributed by atoms with E-state index in [0.717, 1.165) is 23.5 Å². The summed E-state index contributed by atoms with van der Waals surface area (Å²) >= 11 is 0. The van der Waals surface area contributed by atoms with Crippen LogP contribution in [0.3, 0.4) is 0 Å². The topological polar surface area (TPSA) is 54.7 Å². The number of hydrogen-bond acceptors (Lipinski definition) is 2. The van der Waals surface area contributed by atoms with Gasteiger partial charge in [0.1, 0.15) is 17.3 Å². The SMILES string of the molecule is Nc1[nH]c(Cc2ccccc2)nc1-c1ccccc1. The second-order valence-electron chi connectivity index (χ2n) is 4.47. The van der Waals surface area contributed by atoms with Crippen LogP contribution in [0.1, 0.15) is 11.4 Å². The van der Waals surface area contributed by atoms with Gasteiger partial charge < -0.3 is 10.7 Å². The minimum absolute atomic E-state index is 0.622. The molecule has 0 spiro atoms. The van der Waals surface area contributed by atoms with Crippen LogP contribution >= 0.6 is 0 Å². The lowest BCUT2D eigenvalue weighted by Gasteiger charge is -1.97. The Balaban J connectivity index is 1.90. The van der Waals surface area contributed by atoms with Crippen LogP contribution in [-0.4, -0.2) is 9.97 Å². The average Bonchev–Trinajstić information content (AvgIpc) is 2.82. The molecule has 0 amide bonds. The number of nitrogen functional groups attached to an aromatic ring is 1. The van der Waals surface area contributed by atoms with Crippen LogP contribution in [-0.2, 0) is 6.42 Å². The van der Waals surface area contributed by atoms with E-state index in [0.29, 0.717) is 5.82 Å². The molecule has 0 aliphatic heterocycles. The fraction of sp³-hybridized carbons (Fsp3) is 0.0625. The third-order valence-corrected chi connectivity index (χ3v) is 3.04. The molecule has 0 bridgehead atoms. The zero-order valence-electron chi connectivity index (χ0n) is 10.5. The molecule has 0 radical (unpaired) electrons. The molecule has 1 heterocycles. The Kier molecular flexibility index (Phi) is 3.02. The lowest BCUT2D eigenvalue weighted by atomic mass is 10.1. The predicted molar refractivity (Wildman–Crippen MR) is 77.7 cm³/mol. The zero-order chi connectivity index (χ0) is 13.1. The van der Waals surface area contributed by atoms with Crippen molar-refractivity contribution < 1.29 is 0 Å². The van der Waals surface area contributed by atoms with Crippen molar-refractivity contribution in [3.05, 3.63) is 72.1 Å². The molecular formula is C16H15N3. The fourth-order valence-electron chi connectivity index (χ4n) is 2.13. The van der Waals surface area contributed by atoms with E-state index in [2.05, 4.69) is 22.1 Å². The molecule has 3 rings (SSSR count). The van der Waals surface area contributed by atoms with Gasteiger partial charge in [-0.05, 0) is 5.56 Å². The molecule has 1 aromatic heterocycles. The highest BCUT2D eigenvalue weighted by atomic mass is 15.0. The van der Waals surface area contributed by atoms with Gasteiger partial charge in [0.25, 0.3) is 0 Å². The molecule has 0 atom stereocenters.